The van der Waals surface area contributed by atoms with Crippen molar-refractivity contribution >= 4 is 38.9 Å². The number of hydrogen-bond donors (Lipinski definition) is 1. The van der Waals surface area contributed by atoms with Crippen molar-refractivity contribution in [2.24, 2.45) is 0 Å². The molecule has 0 atom stereocenters. The Morgan fingerprint density at radius 1 is 1.22 bits per heavy atom. The predicted molar refractivity (Wildman–Crippen MR) is 89.4 cm³/mol. The first-order valence-corrected chi connectivity index (χ1v) is 8.98. The van der Waals surface area contributed by atoms with Gasteiger partial charge in [-0.2, -0.15) is 0 Å². The standard InChI is InChI=1S/C15H14ClN3O3S/c16-11-6-7-17-14(10-11)15(20)18-12-2-4-13(5-3-12)19-8-1-9-23(19,21)22/h2-7,10H,1,8-9H2,(H,18,20). The van der Waals surface area contributed by atoms with Crippen molar-refractivity contribution in [1.29, 1.82) is 0 Å². The summed E-state index contributed by atoms with van der Waals surface area (Å²) >= 11 is 5.83. The SMILES string of the molecule is O=C(Nc1ccc(N2CCCS2(=O)=O)cc1)c1cc(Cl)ccn1. The van der Waals surface area contributed by atoms with Crippen LogP contribution in [0.4, 0.5) is 11.4 Å². The van der Waals surface area contributed by atoms with E-state index in [-0.39, 0.29) is 17.4 Å². The topological polar surface area (TPSA) is 79.4 Å². The number of rotatable bonds is 3. The molecule has 1 aliphatic heterocycles. The fourth-order valence-corrected chi connectivity index (χ4v) is 4.09. The first kappa shape index (κ1) is 15.8. The molecule has 1 amide bonds. The molecule has 0 bridgehead atoms. The van der Waals surface area contributed by atoms with Crippen LogP contribution in [0.2, 0.25) is 5.02 Å². The zero-order valence-corrected chi connectivity index (χ0v) is 13.6. The molecule has 1 aromatic heterocycles. The summed E-state index contributed by atoms with van der Waals surface area (Å²) in [5.41, 5.74) is 1.36. The van der Waals surface area contributed by atoms with Crippen molar-refractivity contribution < 1.29 is 13.2 Å². The van der Waals surface area contributed by atoms with E-state index in [2.05, 4.69) is 10.3 Å². The summed E-state index contributed by atoms with van der Waals surface area (Å²) in [7, 11) is -3.20. The Bertz CT molecular complexity index is 837. The van der Waals surface area contributed by atoms with Crippen LogP contribution in [0.15, 0.2) is 42.6 Å². The highest BCUT2D eigenvalue weighted by atomic mass is 35.5. The Labute approximate surface area is 139 Å². The number of halogens is 1. The molecule has 1 N–H and O–H groups in total. The smallest absolute Gasteiger partial charge is 0.274 e. The van der Waals surface area contributed by atoms with Gasteiger partial charge >= 0.3 is 0 Å². The number of sulfonamides is 1. The lowest BCUT2D eigenvalue weighted by atomic mass is 10.2. The van der Waals surface area contributed by atoms with Crippen molar-refractivity contribution in [3.63, 3.8) is 0 Å². The van der Waals surface area contributed by atoms with Crippen molar-refractivity contribution in [1.82, 2.24) is 4.98 Å². The van der Waals surface area contributed by atoms with Gasteiger partial charge in [-0.05, 0) is 42.8 Å². The van der Waals surface area contributed by atoms with Gasteiger partial charge in [0.1, 0.15) is 5.69 Å². The number of amides is 1. The minimum absolute atomic E-state index is 0.173. The van der Waals surface area contributed by atoms with Crippen molar-refractivity contribution in [2.45, 2.75) is 6.42 Å². The largest absolute Gasteiger partial charge is 0.321 e. The van der Waals surface area contributed by atoms with Crippen LogP contribution in [0.3, 0.4) is 0 Å². The second kappa shape index (κ2) is 6.17. The summed E-state index contributed by atoms with van der Waals surface area (Å²) in [5, 5.41) is 3.13. The third-order valence-corrected chi connectivity index (χ3v) is 5.57. The zero-order valence-electron chi connectivity index (χ0n) is 12.1. The number of carbonyl (C=O) groups excluding carboxylic acids is 1. The summed E-state index contributed by atoms with van der Waals surface area (Å²) in [6, 6.07) is 9.72. The van der Waals surface area contributed by atoms with Gasteiger partial charge in [0, 0.05) is 23.5 Å². The third-order valence-electron chi connectivity index (χ3n) is 3.47. The lowest BCUT2D eigenvalue weighted by Gasteiger charge is -2.17. The van der Waals surface area contributed by atoms with Crippen molar-refractivity contribution in [2.75, 3.05) is 21.9 Å². The average molecular weight is 352 g/mol. The van der Waals surface area contributed by atoms with Gasteiger partial charge in [0.15, 0.2) is 0 Å². The molecule has 2 aromatic rings. The predicted octanol–water partition coefficient (Wildman–Crippen LogP) is 2.53. The fourth-order valence-electron chi connectivity index (χ4n) is 2.36. The summed E-state index contributed by atoms with van der Waals surface area (Å²) in [4.78, 5) is 16.0. The van der Waals surface area contributed by atoms with Gasteiger partial charge in [0.2, 0.25) is 10.0 Å². The van der Waals surface area contributed by atoms with Crippen LogP contribution >= 0.6 is 11.6 Å². The van der Waals surface area contributed by atoms with E-state index >= 15 is 0 Å². The molecule has 1 fully saturated rings. The molecule has 0 aliphatic carbocycles. The summed E-state index contributed by atoms with van der Waals surface area (Å²) < 4.78 is 25.1. The van der Waals surface area contributed by atoms with Gasteiger partial charge in [-0.3, -0.25) is 14.1 Å². The van der Waals surface area contributed by atoms with E-state index in [9.17, 15) is 13.2 Å². The number of pyridine rings is 1. The highest BCUT2D eigenvalue weighted by Crippen LogP contribution is 2.25. The molecule has 0 unspecified atom stereocenters. The lowest BCUT2D eigenvalue weighted by molar-refractivity contribution is 0.102. The van der Waals surface area contributed by atoms with E-state index < -0.39 is 10.0 Å². The van der Waals surface area contributed by atoms with Crippen molar-refractivity contribution in [3.8, 4) is 0 Å². The van der Waals surface area contributed by atoms with Crippen LogP contribution < -0.4 is 9.62 Å². The second-order valence-corrected chi connectivity index (χ2v) is 7.55. The Morgan fingerprint density at radius 2 is 1.96 bits per heavy atom. The summed E-state index contributed by atoms with van der Waals surface area (Å²) in [5.74, 6) is -0.208. The average Bonchev–Trinajstić information content (AvgIpc) is 2.87. The van der Waals surface area contributed by atoms with E-state index in [1.54, 1.807) is 30.3 Å². The third kappa shape index (κ3) is 3.46. The van der Waals surface area contributed by atoms with E-state index in [0.29, 0.717) is 29.4 Å². The summed E-state index contributed by atoms with van der Waals surface area (Å²) in [6.07, 6.45) is 2.08. The monoisotopic (exact) mass is 351 g/mol. The van der Waals surface area contributed by atoms with Gasteiger partial charge < -0.3 is 5.32 Å². The number of anilines is 2. The van der Waals surface area contributed by atoms with E-state index in [1.165, 1.54) is 16.6 Å². The maximum atomic E-state index is 12.1. The number of benzene rings is 1. The summed E-state index contributed by atoms with van der Waals surface area (Å²) in [6.45, 7) is 0.487. The van der Waals surface area contributed by atoms with Crippen LogP contribution in [0.1, 0.15) is 16.9 Å². The fraction of sp³-hybridized carbons (Fsp3) is 0.200. The molecule has 2 heterocycles. The molecule has 120 valence electrons. The Kier molecular flexibility index (Phi) is 4.23. The van der Waals surface area contributed by atoms with Crippen LogP contribution in [-0.4, -0.2) is 31.6 Å². The second-order valence-electron chi connectivity index (χ2n) is 5.10. The highest BCUT2D eigenvalue weighted by molar-refractivity contribution is 7.93. The van der Waals surface area contributed by atoms with Gasteiger partial charge in [-0.25, -0.2) is 8.42 Å². The Morgan fingerprint density at radius 3 is 2.57 bits per heavy atom. The maximum Gasteiger partial charge on any atom is 0.274 e. The van der Waals surface area contributed by atoms with Crippen LogP contribution in [0.25, 0.3) is 0 Å². The van der Waals surface area contributed by atoms with Gasteiger partial charge in [-0.15, -0.1) is 0 Å². The quantitative estimate of drug-likeness (QED) is 0.921. The highest BCUT2D eigenvalue weighted by Gasteiger charge is 2.28. The maximum absolute atomic E-state index is 12.1. The van der Waals surface area contributed by atoms with Crippen LogP contribution in [0, 0.1) is 0 Å². The molecule has 1 aliphatic rings. The van der Waals surface area contributed by atoms with Gasteiger partial charge in [-0.1, -0.05) is 11.6 Å². The lowest BCUT2D eigenvalue weighted by Crippen LogP contribution is -2.25. The molecule has 6 nitrogen and oxygen atoms in total. The molecule has 0 radical (unpaired) electrons. The minimum Gasteiger partial charge on any atom is -0.321 e. The number of nitrogens with zero attached hydrogens (tertiary/aromatic N) is 2. The van der Waals surface area contributed by atoms with Crippen LogP contribution in [0.5, 0.6) is 0 Å². The molecular weight excluding hydrogens is 338 g/mol. The molecule has 0 saturated carbocycles. The first-order valence-electron chi connectivity index (χ1n) is 6.99. The molecule has 3 rings (SSSR count). The molecular formula is C15H14ClN3O3S. The molecule has 0 spiro atoms. The Hall–Kier alpha value is -2.12. The molecule has 1 aromatic carbocycles. The number of nitrogens with one attached hydrogen (secondary N) is 1. The van der Waals surface area contributed by atoms with E-state index in [0.717, 1.165) is 0 Å². The number of hydrogen-bond acceptors (Lipinski definition) is 4. The normalized spacial score (nSPS) is 16.3. The van der Waals surface area contributed by atoms with Crippen LogP contribution in [-0.2, 0) is 10.0 Å². The number of aromatic nitrogens is 1. The molecule has 8 heteroatoms. The first-order chi connectivity index (χ1) is 11.0. The molecule has 23 heavy (non-hydrogen) atoms. The Balaban J connectivity index is 1.74. The van der Waals surface area contributed by atoms with Gasteiger partial charge in [0.25, 0.3) is 5.91 Å². The minimum atomic E-state index is -3.20. The van der Waals surface area contributed by atoms with Crippen molar-refractivity contribution in [3.05, 3.63) is 53.3 Å². The van der Waals surface area contributed by atoms with Gasteiger partial charge in [0.05, 0.1) is 11.4 Å². The number of carbonyl (C=O) groups is 1. The van der Waals surface area contributed by atoms with E-state index in [1.807, 2.05) is 0 Å². The van der Waals surface area contributed by atoms with E-state index in [4.69, 9.17) is 11.6 Å². The zero-order chi connectivity index (χ0) is 16.4. The molecule has 1 saturated heterocycles.